The van der Waals surface area contributed by atoms with E-state index in [9.17, 15) is 13.2 Å². The van der Waals surface area contributed by atoms with E-state index in [1.54, 1.807) is 18.2 Å². The second-order valence-electron chi connectivity index (χ2n) is 6.73. The van der Waals surface area contributed by atoms with Crippen molar-refractivity contribution in [3.63, 3.8) is 0 Å². The molecule has 5 nitrogen and oxygen atoms in total. The van der Waals surface area contributed by atoms with Crippen LogP contribution in [0, 0.1) is 5.92 Å². The SMILES string of the molecule is CC1CCN(C(=O)c2cc(N3CCCCS3(=O)=O)ccc2Cl)CC1. The van der Waals surface area contributed by atoms with E-state index in [0.29, 0.717) is 35.2 Å². The smallest absolute Gasteiger partial charge is 0.255 e. The molecule has 3 rings (SSSR count). The monoisotopic (exact) mass is 370 g/mol. The minimum Gasteiger partial charge on any atom is -0.339 e. The van der Waals surface area contributed by atoms with Gasteiger partial charge in [0.25, 0.3) is 5.91 Å². The number of amides is 1. The Morgan fingerprint density at radius 3 is 2.54 bits per heavy atom. The third-order valence-corrected chi connectivity index (χ3v) is 7.09. The lowest BCUT2D eigenvalue weighted by Gasteiger charge is -2.31. The zero-order chi connectivity index (χ0) is 17.3. The Kier molecular flexibility index (Phi) is 5.06. The molecule has 0 N–H and O–H groups in total. The Morgan fingerprint density at radius 2 is 1.88 bits per heavy atom. The van der Waals surface area contributed by atoms with Gasteiger partial charge >= 0.3 is 0 Å². The van der Waals surface area contributed by atoms with Crippen molar-refractivity contribution in [2.45, 2.75) is 32.6 Å². The highest BCUT2D eigenvalue weighted by Gasteiger charge is 2.28. The first-order chi connectivity index (χ1) is 11.4. The van der Waals surface area contributed by atoms with Crippen LogP contribution in [-0.4, -0.2) is 44.6 Å². The number of hydrogen-bond donors (Lipinski definition) is 0. The molecule has 0 atom stereocenters. The second kappa shape index (κ2) is 6.92. The summed E-state index contributed by atoms with van der Waals surface area (Å²) in [6.45, 7) is 4.10. The van der Waals surface area contributed by atoms with Crippen LogP contribution in [0.5, 0.6) is 0 Å². The van der Waals surface area contributed by atoms with E-state index in [1.807, 2.05) is 4.90 Å². The number of benzene rings is 1. The Bertz CT molecular complexity index is 727. The van der Waals surface area contributed by atoms with Gasteiger partial charge in [-0.1, -0.05) is 18.5 Å². The van der Waals surface area contributed by atoms with Gasteiger partial charge in [-0.2, -0.15) is 0 Å². The van der Waals surface area contributed by atoms with E-state index in [1.165, 1.54) is 4.31 Å². The van der Waals surface area contributed by atoms with Crippen LogP contribution >= 0.6 is 11.6 Å². The number of carbonyl (C=O) groups is 1. The highest BCUT2D eigenvalue weighted by molar-refractivity contribution is 7.92. The number of piperidine rings is 1. The van der Waals surface area contributed by atoms with Gasteiger partial charge in [0, 0.05) is 19.6 Å². The predicted octanol–water partition coefficient (Wildman–Crippen LogP) is 3.14. The van der Waals surface area contributed by atoms with Gasteiger partial charge in [-0.05, 0) is 49.8 Å². The van der Waals surface area contributed by atoms with Crippen LogP contribution in [0.3, 0.4) is 0 Å². The molecule has 0 radical (unpaired) electrons. The van der Waals surface area contributed by atoms with Crippen LogP contribution in [0.25, 0.3) is 0 Å². The quantitative estimate of drug-likeness (QED) is 0.803. The van der Waals surface area contributed by atoms with E-state index >= 15 is 0 Å². The van der Waals surface area contributed by atoms with Gasteiger partial charge in [0.1, 0.15) is 0 Å². The molecule has 2 heterocycles. The lowest BCUT2D eigenvalue weighted by molar-refractivity contribution is 0.0697. The molecule has 0 saturated carbocycles. The van der Waals surface area contributed by atoms with Crippen LogP contribution < -0.4 is 4.31 Å². The Balaban J connectivity index is 1.87. The van der Waals surface area contributed by atoms with Crippen molar-refractivity contribution < 1.29 is 13.2 Å². The van der Waals surface area contributed by atoms with E-state index < -0.39 is 10.0 Å². The lowest BCUT2D eigenvalue weighted by Crippen LogP contribution is -2.39. The first-order valence-corrected chi connectivity index (χ1v) is 10.5. The van der Waals surface area contributed by atoms with Crippen molar-refractivity contribution in [1.29, 1.82) is 0 Å². The largest absolute Gasteiger partial charge is 0.339 e. The third kappa shape index (κ3) is 3.54. The molecular weight excluding hydrogens is 348 g/mol. The maximum Gasteiger partial charge on any atom is 0.255 e. The molecule has 0 aliphatic carbocycles. The zero-order valence-electron chi connectivity index (χ0n) is 13.9. The number of halogens is 1. The van der Waals surface area contributed by atoms with E-state index in [2.05, 4.69) is 6.92 Å². The average Bonchev–Trinajstić information content (AvgIpc) is 2.55. The number of hydrogen-bond acceptors (Lipinski definition) is 3. The van der Waals surface area contributed by atoms with Crippen molar-refractivity contribution in [2.24, 2.45) is 5.92 Å². The van der Waals surface area contributed by atoms with Crippen molar-refractivity contribution in [3.8, 4) is 0 Å². The molecule has 0 spiro atoms. The molecule has 2 fully saturated rings. The fraction of sp³-hybridized carbons (Fsp3) is 0.588. The van der Waals surface area contributed by atoms with Crippen molar-refractivity contribution in [1.82, 2.24) is 4.90 Å². The summed E-state index contributed by atoms with van der Waals surface area (Å²) < 4.78 is 26.0. The summed E-state index contributed by atoms with van der Waals surface area (Å²) >= 11 is 6.23. The Hall–Kier alpha value is -1.27. The van der Waals surface area contributed by atoms with Gasteiger partial charge in [0.15, 0.2) is 0 Å². The van der Waals surface area contributed by atoms with Crippen molar-refractivity contribution in [2.75, 3.05) is 29.7 Å². The first-order valence-electron chi connectivity index (χ1n) is 8.48. The summed E-state index contributed by atoms with van der Waals surface area (Å²) in [4.78, 5) is 14.6. The highest BCUT2D eigenvalue weighted by Crippen LogP contribution is 2.29. The molecule has 0 bridgehead atoms. The first kappa shape index (κ1) is 17.5. The molecule has 1 aromatic carbocycles. The summed E-state index contributed by atoms with van der Waals surface area (Å²) in [7, 11) is -3.30. The molecule has 0 aromatic heterocycles. The van der Waals surface area contributed by atoms with Crippen LogP contribution in [0.2, 0.25) is 5.02 Å². The second-order valence-corrected chi connectivity index (χ2v) is 9.15. The fourth-order valence-corrected chi connectivity index (χ4v) is 5.12. The lowest BCUT2D eigenvalue weighted by atomic mass is 9.98. The minimum absolute atomic E-state index is 0.108. The molecule has 0 unspecified atom stereocenters. The number of carbonyl (C=O) groups excluding carboxylic acids is 1. The number of sulfonamides is 1. The van der Waals surface area contributed by atoms with Gasteiger partial charge in [-0.25, -0.2) is 8.42 Å². The Morgan fingerprint density at radius 1 is 1.17 bits per heavy atom. The van der Waals surface area contributed by atoms with Gasteiger partial charge in [-0.3, -0.25) is 9.10 Å². The van der Waals surface area contributed by atoms with Crippen LogP contribution in [0.1, 0.15) is 43.0 Å². The van der Waals surface area contributed by atoms with E-state index in [4.69, 9.17) is 11.6 Å². The summed E-state index contributed by atoms with van der Waals surface area (Å²) in [5.74, 6) is 0.681. The van der Waals surface area contributed by atoms with Crippen LogP contribution in [-0.2, 0) is 10.0 Å². The standard InChI is InChI=1S/C17H23ClN2O3S/c1-13-6-9-19(10-7-13)17(21)15-12-14(4-5-16(15)18)20-8-2-3-11-24(20,22)23/h4-5,12-13H,2-3,6-11H2,1H3. The maximum absolute atomic E-state index is 12.8. The zero-order valence-corrected chi connectivity index (χ0v) is 15.4. The van der Waals surface area contributed by atoms with E-state index in [0.717, 1.165) is 32.4 Å². The molecule has 7 heteroatoms. The molecule has 132 valence electrons. The van der Waals surface area contributed by atoms with Crippen LogP contribution in [0.15, 0.2) is 18.2 Å². The van der Waals surface area contributed by atoms with Gasteiger partial charge in [-0.15, -0.1) is 0 Å². The molecule has 1 aromatic rings. The highest BCUT2D eigenvalue weighted by atomic mass is 35.5. The maximum atomic E-state index is 12.8. The third-order valence-electron chi connectivity index (χ3n) is 4.89. The fourth-order valence-electron chi connectivity index (χ4n) is 3.29. The average molecular weight is 371 g/mol. The van der Waals surface area contributed by atoms with Crippen molar-refractivity contribution >= 4 is 33.2 Å². The molecule has 2 saturated heterocycles. The van der Waals surface area contributed by atoms with Crippen LogP contribution in [0.4, 0.5) is 5.69 Å². The van der Waals surface area contributed by atoms with Gasteiger partial charge < -0.3 is 4.90 Å². The summed E-state index contributed by atoms with van der Waals surface area (Å²) in [5, 5.41) is 0.372. The molecule has 2 aliphatic heterocycles. The van der Waals surface area contributed by atoms with E-state index in [-0.39, 0.29) is 11.7 Å². The minimum atomic E-state index is -3.30. The molecular formula is C17H23ClN2O3S. The van der Waals surface area contributed by atoms with Gasteiger partial charge in [0.2, 0.25) is 10.0 Å². The number of anilines is 1. The number of rotatable bonds is 2. The summed E-state index contributed by atoms with van der Waals surface area (Å²) in [6.07, 6.45) is 3.49. The predicted molar refractivity (Wildman–Crippen MR) is 96.1 cm³/mol. The summed E-state index contributed by atoms with van der Waals surface area (Å²) in [6, 6.07) is 4.94. The summed E-state index contributed by atoms with van der Waals surface area (Å²) in [5.41, 5.74) is 0.928. The Labute approximate surface area is 148 Å². The van der Waals surface area contributed by atoms with Gasteiger partial charge in [0.05, 0.1) is 22.0 Å². The molecule has 24 heavy (non-hydrogen) atoms. The number of likely N-dealkylation sites (tertiary alicyclic amines) is 1. The molecule has 1 amide bonds. The normalized spacial score (nSPS) is 21.8. The molecule has 2 aliphatic rings. The number of nitrogens with zero attached hydrogens (tertiary/aromatic N) is 2. The topological polar surface area (TPSA) is 57.7 Å². The van der Waals surface area contributed by atoms with Crippen molar-refractivity contribution in [3.05, 3.63) is 28.8 Å².